The molecule has 3 heteroatoms. The lowest BCUT2D eigenvalue weighted by atomic mass is 10.1. The zero-order valence-electron chi connectivity index (χ0n) is 7.44. The fourth-order valence-electron chi connectivity index (χ4n) is 1.31. The Hall–Kier alpha value is -1.25. The predicted octanol–water partition coefficient (Wildman–Crippen LogP) is 1.85. The van der Waals surface area contributed by atoms with Gasteiger partial charge in [0.2, 0.25) is 0 Å². The molecule has 0 atom stereocenters. The summed E-state index contributed by atoms with van der Waals surface area (Å²) < 4.78 is 0. The highest BCUT2D eigenvalue weighted by Crippen LogP contribution is 2.33. The number of ketones is 1. The molecule has 1 fully saturated rings. The van der Waals surface area contributed by atoms with Gasteiger partial charge >= 0.3 is 0 Å². The number of carbonyl (C=O) groups is 1. The fourth-order valence-corrected chi connectivity index (χ4v) is 1.31. The molecular weight excluding hydrogens is 164 g/mol. The molecule has 0 unspecified atom stereocenters. The van der Waals surface area contributed by atoms with Crippen LogP contribution in [0.1, 0.15) is 36.2 Å². The maximum atomic E-state index is 11.5. The second-order valence-corrected chi connectivity index (χ2v) is 3.50. The Kier molecular flexibility index (Phi) is 2.34. The van der Waals surface area contributed by atoms with Gasteiger partial charge in [-0.25, -0.2) is 4.98 Å². The highest BCUT2D eigenvalue weighted by Gasteiger charge is 2.22. The standard InChI is InChI=1S/C10H12N2O/c13-10(4-3-8-1-2-8)9-7-11-5-6-12-9/h5-8H,1-4H2. The molecule has 0 amide bonds. The molecule has 1 saturated carbocycles. The van der Waals surface area contributed by atoms with E-state index in [1.54, 1.807) is 12.4 Å². The molecule has 0 spiro atoms. The van der Waals surface area contributed by atoms with Gasteiger partial charge in [-0.15, -0.1) is 0 Å². The maximum Gasteiger partial charge on any atom is 0.182 e. The average molecular weight is 176 g/mol. The van der Waals surface area contributed by atoms with Crippen LogP contribution in [0.3, 0.4) is 0 Å². The molecule has 3 nitrogen and oxygen atoms in total. The maximum absolute atomic E-state index is 11.5. The van der Waals surface area contributed by atoms with Gasteiger partial charge in [0.15, 0.2) is 5.78 Å². The normalized spacial score (nSPS) is 15.7. The first-order valence-corrected chi connectivity index (χ1v) is 4.65. The molecule has 0 aliphatic heterocycles. The highest BCUT2D eigenvalue weighted by molar-refractivity contribution is 5.93. The van der Waals surface area contributed by atoms with Crippen molar-refractivity contribution in [3.05, 3.63) is 24.3 Å². The van der Waals surface area contributed by atoms with Gasteiger partial charge in [-0.05, 0) is 12.3 Å². The van der Waals surface area contributed by atoms with E-state index in [1.807, 2.05) is 0 Å². The van der Waals surface area contributed by atoms with Gasteiger partial charge in [0, 0.05) is 18.8 Å². The molecule has 1 aliphatic carbocycles. The van der Waals surface area contributed by atoms with Crippen LogP contribution in [0.4, 0.5) is 0 Å². The van der Waals surface area contributed by atoms with Crippen molar-refractivity contribution in [3.8, 4) is 0 Å². The third-order valence-corrected chi connectivity index (χ3v) is 2.33. The van der Waals surface area contributed by atoms with Crippen LogP contribution in [-0.4, -0.2) is 15.8 Å². The summed E-state index contributed by atoms with van der Waals surface area (Å²) in [5.74, 6) is 0.931. The molecule has 0 saturated heterocycles. The topological polar surface area (TPSA) is 42.9 Å². The van der Waals surface area contributed by atoms with E-state index in [0.29, 0.717) is 12.1 Å². The molecule has 0 N–H and O–H groups in total. The van der Waals surface area contributed by atoms with E-state index in [-0.39, 0.29) is 5.78 Å². The second kappa shape index (κ2) is 3.64. The van der Waals surface area contributed by atoms with Crippen molar-refractivity contribution in [3.63, 3.8) is 0 Å². The molecule has 2 rings (SSSR count). The minimum Gasteiger partial charge on any atom is -0.292 e. The summed E-state index contributed by atoms with van der Waals surface area (Å²) >= 11 is 0. The van der Waals surface area contributed by atoms with E-state index in [0.717, 1.165) is 12.3 Å². The molecular formula is C10H12N2O. The summed E-state index contributed by atoms with van der Waals surface area (Å²) in [4.78, 5) is 19.3. The Morgan fingerprint density at radius 2 is 2.31 bits per heavy atom. The summed E-state index contributed by atoms with van der Waals surface area (Å²) in [6, 6.07) is 0. The molecule has 0 radical (unpaired) electrons. The minimum absolute atomic E-state index is 0.125. The summed E-state index contributed by atoms with van der Waals surface area (Å²) in [5.41, 5.74) is 0.503. The molecule has 1 aromatic heterocycles. The van der Waals surface area contributed by atoms with E-state index < -0.39 is 0 Å². The highest BCUT2D eigenvalue weighted by atomic mass is 16.1. The smallest absolute Gasteiger partial charge is 0.182 e. The minimum atomic E-state index is 0.125. The first-order valence-electron chi connectivity index (χ1n) is 4.65. The van der Waals surface area contributed by atoms with Gasteiger partial charge in [-0.1, -0.05) is 12.8 Å². The van der Waals surface area contributed by atoms with Crippen molar-refractivity contribution in [2.24, 2.45) is 5.92 Å². The van der Waals surface area contributed by atoms with Gasteiger partial charge in [0.1, 0.15) is 5.69 Å². The summed E-state index contributed by atoms with van der Waals surface area (Å²) in [6.45, 7) is 0. The number of carbonyl (C=O) groups excluding carboxylic acids is 1. The van der Waals surface area contributed by atoms with Gasteiger partial charge in [0.05, 0.1) is 6.20 Å². The van der Waals surface area contributed by atoms with Crippen LogP contribution < -0.4 is 0 Å². The van der Waals surface area contributed by atoms with Crippen LogP contribution in [0.25, 0.3) is 0 Å². The van der Waals surface area contributed by atoms with Gasteiger partial charge in [0.25, 0.3) is 0 Å². The largest absolute Gasteiger partial charge is 0.292 e. The van der Waals surface area contributed by atoms with Crippen LogP contribution in [0.15, 0.2) is 18.6 Å². The third-order valence-electron chi connectivity index (χ3n) is 2.33. The van der Waals surface area contributed by atoms with Gasteiger partial charge in [-0.2, -0.15) is 0 Å². The first-order chi connectivity index (χ1) is 6.36. The van der Waals surface area contributed by atoms with E-state index in [1.165, 1.54) is 19.0 Å². The van der Waals surface area contributed by atoms with Crippen molar-refractivity contribution < 1.29 is 4.79 Å². The van der Waals surface area contributed by atoms with Crippen molar-refractivity contribution in [2.75, 3.05) is 0 Å². The van der Waals surface area contributed by atoms with Crippen molar-refractivity contribution in [2.45, 2.75) is 25.7 Å². The lowest BCUT2D eigenvalue weighted by Gasteiger charge is -1.97. The van der Waals surface area contributed by atoms with Crippen LogP contribution >= 0.6 is 0 Å². The summed E-state index contributed by atoms with van der Waals surface area (Å²) in [5, 5.41) is 0. The number of Topliss-reactive ketones (excluding diaryl/α,β-unsaturated/α-hetero) is 1. The molecule has 1 aliphatic rings. The third kappa shape index (κ3) is 2.34. The quantitative estimate of drug-likeness (QED) is 0.657. The fraction of sp³-hybridized carbons (Fsp3) is 0.500. The lowest BCUT2D eigenvalue weighted by molar-refractivity contribution is 0.0973. The summed E-state index contributed by atoms with van der Waals surface area (Å²) in [7, 11) is 0. The van der Waals surface area contributed by atoms with Crippen molar-refractivity contribution in [1.82, 2.24) is 9.97 Å². The number of hydrogen-bond donors (Lipinski definition) is 0. The SMILES string of the molecule is O=C(CCC1CC1)c1cnccn1. The van der Waals surface area contributed by atoms with Crippen LogP contribution in [0.5, 0.6) is 0 Å². The zero-order chi connectivity index (χ0) is 9.10. The first kappa shape index (κ1) is 8.35. The molecule has 1 heterocycles. The Bertz CT molecular complexity index is 293. The van der Waals surface area contributed by atoms with Crippen LogP contribution in [0.2, 0.25) is 0 Å². The van der Waals surface area contributed by atoms with Crippen LogP contribution in [0, 0.1) is 5.92 Å². The van der Waals surface area contributed by atoms with Crippen molar-refractivity contribution >= 4 is 5.78 Å². The van der Waals surface area contributed by atoms with E-state index >= 15 is 0 Å². The molecule has 1 aromatic rings. The molecule has 68 valence electrons. The van der Waals surface area contributed by atoms with E-state index in [2.05, 4.69) is 9.97 Å². The number of nitrogens with zero attached hydrogens (tertiary/aromatic N) is 2. The van der Waals surface area contributed by atoms with Gasteiger partial charge in [-0.3, -0.25) is 9.78 Å². The van der Waals surface area contributed by atoms with Gasteiger partial charge < -0.3 is 0 Å². The average Bonchev–Trinajstić information content (AvgIpc) is 2.99. The van der Waals surface area contributed by atoms with E-state index in [9.17, 15) is 4.79 Å². The number of hydrogen-bond acceptors (Lipinski definition) is 3. The number of aromatic nitrogens is 2. The monoisotopic (exact) mass is 176 g/mol. The Morgan fingerprint density at radius 1 is 1.46 bits per heavy atom. The number of rotatable bonds is 4. The molecule has 0 aromatic carbocycles. The van der Waals surface area contributed by atoms with Crippen molar-refractivity contribution in [1.29, 1.82) is 0 Å². The van der Waals surface area contributed by atoms with E-state index in [4.69, 9.17) is 0 Å². The Labute approximate surface area is 77.2 Å². The van der Waals surface area contributed by atoms with Crippen LogP contribution in [-0.2, 0) is 0 Å². The Morgan fingerprint density at radius 3 is 2.92 bits per heavy atom. The second-order valence-electron chi connectivity index (χ2n) is 3.50. The Balaban J connectivity index is 1.89. The molecule has 13 heavy (non-hydrogen) atoms. The lowest BCUT2D eigenvalue weighted by Crippen LogP contribution is -2.02. The zero-order valence-corrected chi connectivity index (χ0v) is 7.44. The predicted molar refractivity (Wildman–Crippen MR) is 48.3 cm³/mol. The summed E-state index contributed by atoms with van der Waals surface area (Å²) in [6.07, 6.45) is 8.93. The molecule has 0 bridgehead atoms.